The van der Waals surface area contributed by atoms with Gasteiger partial charge >= 0.3 is 5.97 Å². The fourth-order valence-electron chi connectivity index (χ4n) is 2.59. The number of hydrogen-bond donors (Lipinski definition) is 0. The van der Waals surface area contributed by atoms with Gasteiger partial charge in [0.05, 0.1) is 26.7 Å². The molecule has 0 saturated heterocycles. The topological polar surface area (TPSA) is 65.1 Å². The molecule has 6 heteroatoms. The van der Waals surface area contributed by atoms with E-state index in [2.05, 4.69) is 0 Å². The van der Waals surface area contributed by atoms with Crippen molar-refractivity contribution in [3.63, 3.8) is 0 Å². The van der Waals surface area contributed by atoms with Gasteiger partial charge in [0.1, 0.15) is 18.1 Å². The summed E-state index contributed by atoms with van der Waals surface area (Å²) in [5, 5.41) is 0. The van der Waals surface area contributed by atoms with E-state index in [-0.39, 0.29) is 18.4 Å². The van der Waals surface area contributed by atoms with Crippen molar-refractivity contribution in [1.29, 1.82) is 0 Å². The molecule has 0 aliphatic heterocycles. The van der Waals surface area contributed by atoms with Crippen LogP contribution in [0.5, 0.6) is 11.5 Å². The molecule has 0 N–H and O–H groups in total. The summed E-state index contributed by atoms with van der Waals surface area (Å²) in [6.45, 7) is 2.65. The van der Waals surface area contributed by atoms with Crippen molar-refractivity contribution in [3.05, 3.63) is 60.2 Å². The zero-order valence-electron chi connectivity index (χ0n) is 15.9. The molecule has 0 aromatic heterocycles. The van der Waals surface area contributed by atoms with Crippen molar-refractivity contribution in [1.82, 2.24) is 4.90 Å². The summed E-state index contributed by atoms with van der Waals surface area (Å²) in [6, 6.07) is 16.2. The lowest BCUT2D eigenvalue weighted by Crippen LogP contribution is -2.39. The van der Waals surface area contributed by atoms with Gasteiger partial charge in [0.15, 0.2) is 0 Å². The van der Waals surface area contributed by atoms with E-state index >= 15 is 0 Å². The first kappa shape index (κ1) is 20.3. The Bertz CT molecular complexity index is 730. The van der Waals surface area contributed by atoms with Crippen molar-refractivity contribution in [2.75, 3.05) is 33.9 Å². The van der Waals surface area contributed by atoms with E-state index in [1.807, 2.05) is 30.3 Å². The van der Waals surface area contributed by atoms with Gasteiger partial charge < -0.3 is 19.1 Å². The number of ether oxygens (including phenoxy) is 3. The maximum atomic E-state index is 12.8. The highest BCUT2D eigenvalue weighted by Crippen LogP contribution is 2.17. The zero-order chi connectivity index (χ0) is 19.6. The molecule has 0 spiro atoms. The first-order chi connectivity index (χ1) is 13.0. The number of rotatable bonds is 9. The maximum Gasteiger partial charge on any atom is 0.310 e. The molecule has 0 heterocycles. The molecular formula is C21H25NO5. The van der Waals surface area contributed by atoms with Gasteiger partial charge in [0, 0.05) is 12.1 Å². The standard InChI is InChI=1S/C21H25NO5/c1-16(21(24)26-3)15-22(20(23)17-7-5-4-6-8-17)13-14-27-19-11-9-18(25-2)10-12-19/h4-12,16H,13-15H2,1-3H3. The number of benzene rings is 2. The molecule has 6 nitrogen and oxygen atoms in total. The molecule has 0 aliphatic rings. The van der Waals surface area contributed by atoms with Crippen LogP contribution in [-0.4, -0.2) is 50.7 Å². The van der Waals surface area contributed by atoms with Gasteiger partial charge in [-0.05, 0) is 36.4 Å². The number of amides is 1. The molecule has 2 aromatic carbocycles. The predicted octanol–water partition coefficient (Wildman–Crippen LogP) is 3.03. The van der Waals surface area contributed by atoms with Crippen molar-refractivity contribution in [3.8, 4) is 11.5 Å². The summed E-state index contributed by atoms with van der Waals surface area (Å²) < 4.78 is 15.6. The SMILES string of the molecule is COC(=O)C(C)CN(CCOc1ccc(OC)cc1)C(=O)c1ccccc1. The van der Waals surface area contributed by atoms with Crippen molar-refractivity contribution in [2.24, 2.45) is 5.92 Å². The second-order valence-electron chi connectivity index (χ2n) is 6.07. The van der Waals surface area contributed by atoms with Crippen LogP contribution in [0.25, 0.3) is 0 Å². The van der Waals surface area contributed by atoms with Gasteiger partial charge in [-0.3, -0.25) is 9.59 Å². The largest absolute Gasteiger partial charge is 0.497 e. The number of nitrogens with zero attached hydrogens (tertiary/aromatic N) is 1. The lowest BCUT2D eigenvalue weighted by molar-refractivity contribution is -0.145. The van der Waals surface area contributed by atoms with E-state index in [0.717, 1.165) is 5.75 Å². The highest BCUT2D eigenvalue weighted by molar-refractivity contribution is 5.94. The molecule has 144 valence electrons. The molecule has 1 atom stereocenters. The van der Waals surface area contributed by atoms with E-state index in [1.165, 1.54) is 7.11 Å². The molecule has 0 aliphatic carbocycles. The fourth-order valence-corrected chi connectivity index (χ4v) is 2.59. The van der Waals surface area contributed by atoms with Gasteiger partial charge in [-0.15, -0.1) is 0 Å². The molecule has 2 aromatic rings. The number of hydrogen-bond acceptors (Lipinski definition) is 5. The fraction of sp³-hybridized carbons (Fsp3) is 0.333. The van der Waals surface area contributed by atoms with Crippen LogP contribution in [0.15, 0.2) is 54.6 Å². The highest BCUT2D eigenvalue weighted by atomic mass is 16.5. The van der Waals surface area contributed by atoms with E-state index in [1.54, 1.807) is 43.2 Å². The van der Waals surface area contributed by atoms with E-state index in [4.69, 9.17) is 14.2 Å². The first-order valence-electron chi connectivity index (χ1n) is 8.74. The minimum absolute atomic E-state index is 0.148. The molecule has 1 amide bonds. The zero-order valence-corrected chi connectivity index (χ0v) is 15.9. The normalized spacial score (nSPS) is 11.4. The lowest BCUT2D eigenvalue weighted by atomic mass is 10.1. The van der Waals surface area contributed by atoms with Gasteiger partial charge in [0.25, 0.3) is 5.91 Å². The third-order valence-electron chi connectivity index (χ3n) is 4.10. The maximum absolute atomic E-state index is 12.8. The molecule has 0 bridgehead atoms. The van der Waals surface area contributed by atoms with Gasteiger partial charge in [-0.25, -0.2) is 0 Å². The second-order valence-corrected chi connectivity index (χ2v) is 6.07. The third-order valence-corrected chi connectivity index (χ3v) is 4.10. The Morgan fingerprint density at radius 1 is 0.963 bits per heavy atom. The van der Waals surface area contributed by atoms with Crippen LogP contribution < -0.4 is 9.47 Å². The monoisotopic (exact) mass is 371 g/mol. The van der Waals surface area contributed by atoms with E-state index in [9.17, 15) is 9.59 Å². The lowest BCUT2D eigenvalue weighted by Gasteiger charge is -2.25. The minimum atomic E-state index is -0.427. The van der Waals surface area contributed by atoms with Gasteiger partial charge in [0.2, 0.25) is 0 Å². The Hall–Kier alpha value is -3.02. The predicted molar refractivity (Wildman–Crippen MR) is 102 cm³/mol. The molecule has 0 saturated carbocycles. The van der Waals surface area contributed by atoms with Crippen LogP contribution in [-0.2, 0) is 9.53 Å². The van der Waals surface area contributed by atoms with Gasteiger partial charge in [-0.2, -0.15) is 0 Å². The summed E-state index contributed by atoms with van der Waals surface area (Å²) in [5.74, 6) is 0.504. The van der Waals surface area contributed by atoms with Crippen LogP contribution >= 0.6 is 0 Å². The highest BCUT2D eigenvalue weighted by Gasteiger charge is 2.22. The van der Waals surface area contributed by atoms with E-state index in [0.29, 0.717) is 24.5 Å². The summed E-state index contributed by atoms with van der Waals surface area (Å²) in [6.07, 6.45) is 0. The Balaban J connectivity index is 2.02. The summed E-state index contributed by atoms with van der Waals surface area (Å²) in [5.41, 5.74) is 0.569. The number of carbonyl (C=O) groups excluding carboxylic acids is 2. The van der Waals surface area contributed by atoms with Crippen LogP contribution in [0, 0.1) is 5.92 Å². The Labute approximate surface area is 159 Å². The molecule has 0 radical (unpaired) electrons. The molecule has 0 fully saturated rings. The average Bonchev–Trinajstić information content (AvgIpc) is 2.72. The van der Waals surface area contributed by atoms with Crippen LogP contribution in [0.3, 0.4) is 0 Å². The molecule has 1 unspecified atom stereocenters. The number of methoxy groups -OCH3 is 2. The smallest absolute Gasteiger partial charge is 0.310 e. The van der Waals surface area contributed by atoms with Crippen molar-refractivity contribution in [2.45, 2.75) is 6.92 Å². The first-order valence-corrected chi connectivity index (χ1v) is 8.74. The van der Waals surface area contributed by atoms with Crippen LogP contribution in [0.4, 0.5) is 0 Å². The van der Waals surface area contributed by atoms with Crippen molar-refractivity contribution >= 4 is 11.9 Å². The number of esters is 1. The molecular weight excluding hydrogens is 346 g/mol. The summed E-state index contributed by atoms with van der Waals surface area (Å²) in [4.78, 5) is 26.2. The number of carbonyl (C=O) groups is 2. The van der Waals surface area contributed by atoms with E-state index < -0.39 is 5.92 Å². The van der Waals surface area contributed by atoms with Crippen LogP contribution in [0.2, 0.25) is 0 Å². The average molecular weight is 371 g/mol. The molecule has 27 heavy (non-hydrogen) atoms. The minimum Gasteiger partial charge on any atom is -0.497 e. The summed E-state index contributed by atoms with van der Waals surface area (Å²) >= 11 is 0. The Morgan fingerprint density at radius 3 is 2.19 bits per heavy atom. The molecule has 2 rings (SSSR count). The Kier molecular flexibility index (Phi) is 7.67. The van der Waals surface area contributed by atoms with Crippen LogP contribution in [0.1, 0.15) is 17.3 Å². The second kappa shape index (κ2) is 10.2. The quantitative estimate of drug-likeness (QED) is 0.634. The van der Waals surface area contributed by atoms with Crippen molar-refractivity contribution < 1.29 is 23.8 Å². The Morgan fingerprint density at radius 2 is 1.59 bits per heavy atom. The third kappa shape index (κ3) is 6.02. The summed E-state index contributed by atoms with van der Waals surface area (Å²) in [7, 11) is 2.94. The van der Waals surface area contributed by atoms with Gasteiger partial charge in [-0.1, -0.05) is 25.1 Å².